The van der Waals surface area contributed by atoms with Crippen molar-refractivity contribution in [1.82, 2.24) is 14.9 Å². The van der Waals surface area contributed by atoms with E-state index in [0.717, 1.165) is 12.0 Å². The van der Waals surface area contributed by atoms with Crippen LogP contribution in [0.4, 0.5) is 5.69 Å². The summed E-state index contributed by atoms with van der Waals surface area (Å²) in [7, 11) is -4.11. The van der Waals surface area contributed by atoms with E-state index >= 15 is 0 Å². The Hall–Kier alpha value is -2.13. The van der Waals surface area contributed by atoms with Gasteiger partial charge >= 0.3 is 5.97 Å². The summed E-state index contributed by atoms with van der Waals surface area (Å²) in [4.78, 5) is 27.0. The van der Waals surface area contributed by atoms with Crippen molar-refractivity contribution in [1.29, 1.82) is 5.41 Å². The molecule has 7 N–H and O–H groups in total. The smallest absolute Gasteiger partial charge is 0.326 e. The number of halogens is 1. The van der Waals surface area contributed by atoms with Gasteiger partial charge in [0, 0.05) is 23.6 Å². The monoisotopic (exact) mass is 634 g/mol. The van der Waals surface area contributed by atoms with Crippen LogP contribution < -0.4 is 21.1 Å². The number of sulfonamides is 1. The molecule has 1 fully saturated rings. The number of hydrogen-bond acceptors (Lipinski definition) is 6. The minimum atomic E-state index is -4.11. The first-order valence-electron chi connectivity index (χ1n) is 12.0. The van der Waals surface area contributed by atoms with Crippen LogP contribution in [0.25, 0.3) is 0 Å². The molecule has 0 bridgehead atoms. The van der Waals surface area contributed by atoms with E-state index < -0.39 is 34.0 Å². The van der Waals surface area contributed by atoms with Crippen LogP contribution >= 0.6 is 22.6 Å². The molecule has 2 aliphatic rings. The number of carboxylic acid groups (broad SMARTS) is 1. The minimum absolute atomic E-state index is 0.0640. The SMILES string of the molecule is CC1CNc2c(cccc2S(=O)(=O)N[C@@H](CCCNC(=N)N)C(=O)N2CC(C)[C@@H](I)C[C@@H]2C(=O)O)C1. The predicted molar refractivity (Wildman–Crippen MR) is 146 cm³/mol. The number of piperidine rings is 1. The Bertz CT molecular complexity index is 1100. The van der Waals surface area contributed by atoms with Crippen LogP contribution in [0.5, 0.6) is 0 Å². The van der Waals surface area contributed by atoms with Gasteiger partial charge in [0.15, 0.2) is 5.96 Å². The molecular formula is C23H35IN6O5S. The van der Waals surface area contributed by atoms with E-state index in [1.54, 1.807) is 6.07 Å². The third-order valence-corrected chi connectivity index (χ3v) is 9.92. The number of amides is 1. The number of carboxylic acids is 1. The Kier molecular flexibility index (Phi) is 9.44. The molecule has 0 aliphatic carbocycles. The van der Waals surface area contributed by atoms with Gasteiger partial charge in [-0.3, -0.25) is 10.2 Å². The number of nitrogens with zero attached hydrogens (tertiary/aromatic N) is 1. The Morgan fingerprint density at radius 2 is 2.08 bits per heavy atom. The fourth-order valence-corrected chi connectivity index (χ4v) is 6.87. The molecule has 2 aliphatic heterocycles. The van der Waals surface area contributed by atoms with Gasteiger partial charge in [0.25, 0.3) is 0 Å². The number of carbonyl (C=O) groups is 2. The second kappa shape index (κ2) is 11.9. The third kappa shape index (κ3) is 6.79. The van der Waals surface area contributed by atoms with Crippen molar-refractivity contribution in [3.8, 4) is 0 Å². The predicted octanol–water partition coefficient (Wildman–Crippen LogP) is 1.33. The number of aliphatic carboxylic acids is 1. The first kappa shape index (κ1) is 28.4. The van der Waals surface area contributed by atoms with Crippen LogP contribution in [-0.2, 0) is 26.0 Å². The number of benzene rings is 1. The zero-order valence-electron chi connectivity index (χ0n) is 20.5. The summed E-state index contributed by atoms with van der Waals surface area (Å²) in [5, 5.41) is 23.0. The molecule has 11 nitrogen and oxygen atoms in total. The van der Waals surface area contributed by atoms with Gasteiger partial charge in [-0.05, 0) is 49.1 Å². The van der Waals surface area contributed by atoms with Gasteiger partial charge in [-0.2, -0.15) is 4.72 Å². The molecule has 1 amide bonds. The van der Waals surface area contributed by atoms with E-state index in [0.29, 0.717) is 31.0 Å². The number of guanidine groups is 1. The Morgan fingerprint density at radius 1 is 1.36 bits per heavy atom. The molecule has 1 aromatic carbocycles. The number of likely N-dealkylation sites (tertiary alicyclic amines) is 1. The first-order chi connectivity index (χ1) is 16.9. The van der Waals surface area contributed by atoms with Crippen LogP contribution in [0, 0.1) is 17.2 Å². The molecule has 0 saturated carbocycles. The summed E-state index contributed by atoms with van der Waals surface area (Å²) >= 11 is 2.21. The average Bonchev–Trinajstić information content (AvgIpc) is 2.81. The zero-order chi connectivity index (χ0) is 26.6. The van der Waals surface area contributed by atoms with Crippen molar-refractivity contribution >= 4 is 56.1 Å². The van der Waals surface area contributed by atoms with Gasteiger partial charge in [-0.1, -0.05) is 48.6 Å². The lowest BCUT2D eigenvalue weighted by Crippen LogP contribution is -2.58. The number of fused-ring (bicyclic) bond motifs is 1. The number of nitrogens with one attached hydrogen (secondary N) is 4. The number of alkyl halides is 1. The van der Waals surface area contributed by atoms with Crippen molar-refractivity contribution in [2.75, 3.05) is 25.0 Å². The molecule has 3 rings (SSSR count). The summed E-state index contributed by atoms with van der Waals surface area (Å²) < 4.78 is 29.8. The minimum Gasteiger partial charge on any atom is -0.480 e. The van der Waals surface area contributed by atoms with E-state index in [1.807, 2.05) is 13.0 Å². The maximum Gasteiger partial charge on any atom is 0.326 e. The van der Waals surface area contributed by atoms with Gasteiger partial charge in [0.1, 0.15) is 17.0 Å². The fourth-order valence-electron chi connectivity index (χ4n) is 4.71. The summed E-state index contributed by atoms with van der Waals surface area (Å²) in [5.41, 5.74) is 6.77. The second-order valence-corrected chi connectivity index (χ2v) is 13.0. The lowest BCUT2D eigenvalue weighted by molar-refractivity contribution is -0.153. The van der Waals surface area contributed by atoms with Crippen molar-refractivity contribution in [2.45, 2.75) is 60.4 Å². The largest absolute Gasteiger partial charge is 0.480 e. The second-order valence-electron chi connectivity index (χ2n) is 9.71. The number of carbonyl (C=O) groups excluding carboxylic acids is 1. The van der Waals surface area contributed by atoms with Crippen LogP contribution in [-0.4, -0.2) is 71.9 Å². The molecule has 0 radical (unpaired) electrons. The molecule has 200 valence electrons. The van der Waals surface area contributed by atoms with Crippen LogP contribution in [0.2, 0.25) is 0 Å². The van der Waals surface area contributed by atoms with Gasteiger partial charge < -0.3 is 26.4 Å². The highest BCUT2D eigenvalue weighted by molar-refractivity contribution is 14.1. The number of anilines is 1. The van der Waals surface area contributed by atoms with Crippen LogP contribution in [0.3, 0.4) is 0 Å². The average molecular weight is 635 g/mol. The molecule has 36 heavy (non-hydrogen) atoms. The molecule has 5 atom stereocenters. The Balaban J connectivity index is 1.89. The van der Waals surface area contributed by atoms with Gasteiger partial charge in [-0.15, -0.1) is 0 Å². The van der Waals surface area contributed by atoms with E-state index in [2.05, 4.69) is 44.9 Å². The topological polar surface area (TPSA) is 178 Å². The molecule has 2 unspecified atom stereocenters. The van der Waals surface area contributed by atoms with Crippen molar-refractivity contribution in [3.05, 3.63) is 23.8 Å². The van der Waals surface area contributed by atoms with Gasteiger partial charge in [0.2, 0.25) is 15.9 Å². The third-order valence-electron chi connectivity index (χ3n) is 6.67. The number of hydrogen-bond donors (Lipinski definition) is 6. The summed E-state index contributed by atoms with van der Waals surface area (Å²) in [5.74, 6) is -1.46. The highest BCUT2D eigenvalue weighted by atomic mass is 127. The summed E-state index contributed by atoms with van der Waals surface area (Å²) in [6.45, 7) is 5.18. The maximum atomic E-state index is 13.7. The fraction of sp³-hybridized carbons (Fsp3) is 0.609. The van der Waals surface area contributed by atoms with Gasteiger partial charge in [-0.25, -0.2) is 13.2 Å². The molecule has 1 saturated heterocycles. The Morgan fingerprint density at radius 3 is 2.75 bits per heavy atom. The molecular weight excluding hydrogens is 599 g/mol. The number of nitrogens with two attached hydrogens (primary N) is 1. The molecule has 13 heteroatoms. The van der Waals surface area contributed by atoms with E-state index in [4.69, 9.17) is 11.1 Å². The standard InChI is InChI=1S/C23H35IN6O5S/c1-13-9-15-5-3-7-19(20(15)28-11-13)36(34,35)29-17(6-4-8-27-23(25)26)21(31)30-12-14(2)16(24)10-18(30)22(32)33/h3,5,7,13-14,16-18,28-29H,4,6,8-12H2,1-2H3,(H,32,33)(H4,25,26,27)/t13?,14?,16-,17-,18+/m0/s1. The lowest BCUT2D eigenvalue weighted by Gasteiger charge is -2.40. The van der Waals surface area contributed by atoms with Gasteiger partial charge in [0.05, 0.1) is 5.69 Å². The zero-order valence-corrected chi connectivity index (χ0v) is 23.4. The summed E-state index contributed by atoms with van der Waals surface area (Å²) in [6, 6.07) is 2.90. The summed E-state index contributed by atoms with van der Waals surface area (Å²) in [6.07, 6.45) is 1.50. The van der Waals surface area contributed by atoms with Crippen LogP contribution in [0.1, 0.15) is 38.7 Å². The quantitative estimate of drug-likeness (QED) is 0.0775. The van der Waals surface area contributed by atoms with E-state index in [1.165, 1.54) is 11.0 Å². The van der Waals surface area contributed by atoms with E-state index in [-0.39, 0.29) is 40.2 Å². The Labute approximate surface area is 225 Å². The van der Waals surface area contributed by atoms with E-state index in [9.17, 15) is 23.1 Å². The maximum absolute atomic E-state index is 13.7. The number of rotatable bonds is 9. The lowest BCUT2D eigenvalue weighted by atomic mass is 9.93. The molecule has 2 heterocycles. The highest BCUT2D eigenvalue weighted by Crippen LogP contribution is 2.32. The van der Waals surface area contributed by atoms with Crippen molar-refractivity contribution in [3.63, 3.8) is 0 Å². The normalized spacial score (nSPS) is 24.8. The number of para-hydroxylation sites is 1. The van der Waals surface area contributed by atoms with Crippen molar-refractivity contribution < 1.29 is 23.1 Å². The highest BCUT2D eigenvalue weighted by Gasteiger charge is 2.42. The molecule has 0 aromatic heterocycles. The van der Waals surface area contributed by atoms with Crippen LogP contribution in [0.15, 0.2) is 23.1 Å². The van der Waals surface area contributed by atoms with Crippen molar-refractivity contribution in [2.24, 2.45) is 17.6 Å². The molecule has 1 aromatic rings. The molecule has 0 spiro atoms. The first-order valence-corrected chi connectivity index (χ1v) is 14.8.